The van der Waals surface area contributed by atoms with Crippen LogP contribution in [0, 0.1) is 0 Å². The molecule has 0 radical (unpaired) electrons. The van der Waals surface area contributed by atoms with Crippen molar-refractivity contribution in [3.8, 4) is 0 Å². The van der Waals surface area contributed by atoms with Crippen LogP contribution in [0.3, 0.4) is 0 Å². The molecule has 0 saturated carbocycles. The first kappa shape index (κ1) is 9.47. The summed E-state index contributed by atoms with van der Waals surface area (Å²) in [7, 11) is 0. The molecule has 0 bridgehead atoms. The molecule has 82 valence electrons. The van der Waals surface area contributed by atoms with Crippen molar-refractivity contribution in [3.63, 3.8) is 0 Å². The predicted octanol–water partition coefficient (Wildman–Crippen LogP) is 0.326. The third-order valence-corrected chi connectivity index (χ3v) is 2.98. The fraction of sp³-hybridized carbons (Fsp3) is 0.364. The lowest BCUT2D eigenvalue weighted by atomic mass is 10.2. The fourth-order valence-electron chi connectivity index (χ4n) is 2.11. The zero-order chi connectivity index (χ0) is 11.0. The van der Waals surface area contributed by atoms with E-state index < -0.39 is 0 Å². The summed E-state index contributed by atoms with van der Waals surface area (Å²) in [5.74, 6) is 0. The molecule has 0 aliphatic carbocycles. The highest BCUT2D eigenvalue weighted by Crippen LogP contribution is 2.13. The van der Waals surface area contributed by atoms with Crippen LogP contribution in [0.2, 0.25) is 0 Å². The van der Waals surface area contributed by atoms with Crippen molar-refractivity contribution in [2.24, 2.45) is 0 Å². The molecule has 2 aromatic heterocycles. The van der Waals surface area contributed by atoms with Gasteiger partial charge >= 0.3 is 0 Å². The molecule has 3 heterocycles. The van der Waals surface area contributed by atoms with E-state index >= 15 is 0 Å². The lowest BCUT2D eigenvalue weighted by Crippen LogP contribution is -2.26. The van der Waals surface area contributed by atoms with E-state index in [9.17, 15) is 4.79 Å². The summed E-state index contributed by atoms with van der Waals surface area (Å²) in [5.41, 5.74) is 0.529. The molecular weight excluding hydrogens is 204 g/mol. The molecule has 2 aromatic rings. The molecule has 1 N–H and O–H groups in total. The van der Waals surface area contributed by atoms with Crippen LogP contribution in [0.25, 0.3) is 11.0 Å². The number of fused-ring (bicyclic) bond motifs is 1. The Bertz CT molecular complexity index is 571. The molecule has 5 nitrogen and oxygen atoms in total. The van der Waals surface area contributed by atoms with Crippen molar-refractivity contribution in [3.05, 3.63) is 35.0 Å². The summed E-state index contributed by atoms with van der Waals surface area (Å²) in [5, 5.41) is 3.84. The summed E-state index contributed by atoms with van der Waals surface area (Å²) in [6.07, 6.45) is 4.24. The molecule has 3 rings (SSSR count). The Morgan fingerprint density at radius 1 is 1.44 bits per heavy atom. The number of rotatable bonds is 1. The van der Waals surface area contributed by atoms with Gasteiger partial charge in [0.25, 0.3) is 5.56 Å². The zero-order valence-corrected chi connectivity index (χ0v) is 8.76. The van der Waals surface area contributed by atoms with Crippen LogP contribution in [0.5, 0.6) is 0 Å². The molecule has 0 unspecified atom stereocenters. The third-order valence-electron chi connectivity index (χ3n) is 2.98. The summed E-state index contributed by atoms with van der Waals surface area (Å²) in [6, 6.07) is 3.77. The van der Waals surface area contributed by atoms with E-state index in [0.29, 0.717) is 11.0 Å². The molecule has 1 atom stereocenters. The average molecular weight is 216 g/mol. The number of nitrogens with zero attached hydrogens (tertiary/aromatic N) is 3. The van der Waals surface area contributed by atoms with E-state index in [1.54, 1.807) is 29.2 Å². The van der Waals surface area contributed by atoms with Crippen LogP contribution >= 0.6 is 0 Å². The maximum atomic E-state index is 12.2. The number of hydrogen-bond donors (Lipinski definition) is 1. The second-order valence-electron chi connectivity index (χ2n) is 3.98. The van der Waals surface area contributed by atoms with Crippen molar-refractivity contribution in [1.82, 2.24) is 19.9 Å². The summed E-state index contributed by atoms with van der Waals surface area (Å²) in [6.45, 7) is 1.80. The predicted molar refractivity (Wildman–Crippen MR) is 60.3 cm³/mol. The Morgan fingerprint density at radius 3 is 3.19 bits per heavy atom. The summed E-state index contributed by atoms with van der Waals surface area (Å²) < 4.78 is 1.71. The quantitative estimate of drug-likeness (QED) is 0.746. The van der Waals surface area contributed by atoms with Gasteiger partial charge in [-0.05, 0) is 25.1 Å². The van der Waals surface area contributed by atoms with E-state index in [2.05, 4.69) is 15.3 Å². The second kappa shape index (κ2) is 3.68. The van der Waals surface area contributed by atoms with E-state index in [1.165, 1.54) is 0 Å². The second-order valence-corrected chi connectivity index (χ2v) is 3.98. The molecule has 0 amide bonds. The minimum atomic E-state index is 0.00630. The molecule has 0 spiro atoms. The number of pyridine rings is 1. The van der Waals surface area contributed by atoms with Gasteiger partial charge in [0, 0.05) is 12.7 Å². The molecular formula is C11H12N4O. The van der Waals surface area contributed by atoms with Gasteiger partial charge in [-0.3, -0.25) is 9.36 Å². The molecule has 1 saturated heterocycles. The van der Waals surface area contributed by atoms with Crippen LogP contribution < -0.4 is 10.9 Å². The standard InChI is InChI=1S/C11H12N4O/c16-11-9-2-1-4-13-10(9)14-7-15(11)8-3-5-12-6-8/h1-2,4,7-8,12H,3,5-6H2/t8-/m1/s1. The highest BCUT2D eigenvalue weighted by atomic mass is 16.1. The maximum Gasteiger partial charge on any atom is 0.263 e. The van der Waals surface area contributed by atoms with Crippen molar-refractivity contribution in [1.29, 1.82) is 0 Å². The molecule has 1 fully saturated rings. The van der Waals surface area contributed by atoms with Crippen LogP contribution in [-0.4, -0.2) is 27.6 Å². The summed E-state index contributed by atoms with van der Waals surface area (Å²) in [4.78, 5) is 20.5. The van der Waals surface area contributed by atoms with Gasteiger partial charge in [-0.25, -0.2) is 9.97 Å². The van der Waals surface area contributed by atoms with Crippen molar-refractivity contribution in [2.75, 3.05) is 13.1 Å². The van der Waals surface area contributed by atoms with Crippen LogP contribution in [-0.2, 0) is 0 Å². The highest BCUT2D eigenvalue weighted by Gasteiger charge is 2.18. The van der Waals surface area contributed by atoms with Crippen LogP contribution in [0.15, 0.2) is 29.5 Å². The lowest BCUT2D eigenvalue weighted by molar-refractivity contribution is 0.525. The topological polar surface area (TPSA) is 59.8 Å². The van der Waals surface area contributed by atoms with Gasteiger partial charge in [-0.1, -0.05) is 0 Å². The highest BCUT2D eigenvalue weighted by molar-refractivity contribution is 5.72. The normalized spacial score (nSPS) is 20.4. The lowest BCUT2D eigenvalue weighted by Gasteiger charge is -2.12. The first-order valence-electron chi connectivity index (χ1n) is 5.39. The largest absolute Gasteiger partial charge is 0.315 e. The fourth-order valence-corrected chi connectivity index (χ4v) is 2.11. The zero-order valence-electron chi connectivity index (χ0n) is 8.76. The number of nitrogens with one attached hydrogen (secondary N) is 1. The maximum absolute atomic E-state index is 12.2. The van der Waals surface area contributed by atoms with Gasteiger partial charge in [0.2, 0.25) is 0 Å². The Balaban J connectivity index is 2.19. The molecule has 0 aromatic carbocycles. The van der Waals surface area contributed by atoms with Gasteiger partial charge in [0.05, 0.1) is 11.4 Å². The molecule has 1 aliphatic heterocycles. The first-order chi connectivity index (χ1) is 7.86. The van der Waals surface area contributed by atoms with Gasteiger partial charge in [-0.2, -0.15) is 0 Å². The minimum Gasteiger partial charge on any atom is -0.315 e. The van der Waals surface area contributed by atoms with E-state index in [4.69, 9.17) is 0 Å². The van der Waals surface area contributed by atoms with Crippen LogP contribution in [0.4, 0.5) is 0 Å². The van der Waals surface area contributed by atoms with Crippen molar-refractivity contribution < 1.29 is 0 Å². The SMILES string of the molecule is O=c1c2cccnc2ncn1[C@@H]1CCNC1. The van der Waals surface area contributed by atoms with E-state index in [0.717, 1.165) is 19.5 Å². The van der Waals surface area contributed by atoms with Gasteiger partial charge in [-0.15, -0.1) is 0 Å². The van der Waals surface area contributed by atoms with Gasteiger partial charge in [0.15, 0.2) is 5.65 Å². The minimum absolute atomic E-state index is 0.00630. The van der Waals surface area contributed by atoms with Crippen molar-refractivity contribution in [2.45, 2.75) is 12.5 Å². The molecule has 16 heavy (non-hydrogen) atoms. The van der Waals surface area contributed by atoms with Gasteiger partial charge < -0.3 is 5.32 Å². The van der Waals surface area contributed by atoms with Crippen LogP contribution in [0.1, 0.15) is 12.5 Å². The smallest absolute Gasteiger partial charge is 0.263 e. The molecule has 1 aliphatic rings. The van der Waals surface area contributed by atoms with E-state index in [-0.39, 0.29) is 11.6 Å². The van der Waals surface area contributed by atoms with E-state index in [1.807, 2.05) is 0 Å². The Morgan fingerprint density at radius 2 is 2.38 bits per heavy atom. The number of hydrogen-bond acceptors (Lipinski definition) is 4. The Labute approximate surface area is 92.1 Å². The molecule has 5 heteroatoms. The average Bonchev–Trinajstić information content (AvgIpc) is 2.83. The Hall–Kier alpha value is -1.75. The Kier molecular flexibility index (Phi) is 2.18. The number of aromatic nitrogens is 3. The summed E-state index contributed by atoms with van der Waals surface area (Å²) >= 11 is 0. The third kappa shape index (κ3) is 1.40. The van der Waals surface area contributed by atoms with Crippen molar-refractivity contribution >= 4 is 11.0 Å². The monoisotopic (exact) mass is 216 g/mol. The first-order valence-corrected chi connectivity index (χ1v) is 5.39. The van der Waals surface area contributed by atoms with Gasteiger partial charge in [0.1, 0.15) is 6.33 Å².